The summed E-state index contributed by atoms with van der Waals surface area (Å²) in [6, 6.07) is 18.4. The standard InChI is InChI=1S/C25H27N3O2S/c1-4-29-23-13-9-8-12-21(23)25-27-22(19(3)30-25)15-28(14-20-10-6-5-7-11-20)16-24-18(2)26-17-31-24/h5-13,17H,4,14-16H2,1-3H3. The molecule has 2 aromatic heterocycles. The van der Waals surface area contributed by atoms with Gasteiger partial charge in [0.15, 0.2) is 0 Å². The second-order valence-corrected chi connectivity index (χ2v) is 8.38. The predicted molar refractivity (Wildman–Crippen MR) is 124 cm³/mol. The first-order valence-corrected chi connectivity index (χ1v) is 11.4. The Labute approximate surface area is 187 Å². The second-order valence-electron chi connectivity index (χ2n) is 7.44. The first-order chi connectivity index (χ1) is 15.1. The minimum atomic E-state index is 0.600. The van der Waals surface area contributed by atoms with Crippen LogP contribution in [0.15, 0.2) is 64.5 Å². The SMILES string of the molecule is CCOc1ccccc1-c1nc(CN(Cc2ccccc2)Cc2scnc2C)c(C)o1. The number of rotatable bonds is 9. The number of aryl methyl sites for hydroxylation is 2. The molecule has 2 heterocycles. The quantitative estimate of drug-likeness (QED) is 0.323. The van der Waals surface area contributed by atoms with Gasteiger partial charge in [0, 0.05) is 24.5 Å². The predicted octanol–water partition coefficient (Wildman–Crippen LogP) is 6.02. The molecule has 0 aliphatic heterocycles. The summed E-state index contributed by atoms with van der Waals surface area (Å²) in [6.07, 6.45) is 0. The summed E-state index contributed by atoms with van der Waals surface area (Å²) in [6.45, 7) is 8.97. The summed E-state index contributed by atoms with van der Waals surface area (Å²) in [4.78, 5) is 12.9. The highest BCUT2D eigenvalue weighted by Crippen LogP contribution is 2.31. The number of aromatic nitrogens is 2. The summed E-state index contributed by atoms with van der Waals surface area (Å²) < 4.78 is 11.8. The first-order valence-electron chi connectivity index (χ1n) is 10.5. The van der Waals surface area contributed by atoms with Crippen molar-refractivity contribution in [2.45, 2.75) is 40.4 Å². The molecule has 0 saturated heterocycles. The van der Waals surface area contributed by atoms with Gasteiger partial charge in [0.05, 0.1) is 29.1 Å². The maximum atomic E-state index is 6.07. The van der Waals surface area contributed by atoms with Gasteiger partial charge < -0.3 is 9.15 Å². The molecule has 0 bridgehead atoms. The smallest absolute Gasteiger partial charge is 0.230 e. The molecule has 160 valence electrons. The highest BCUT2D eigenvalue weighted by Gasteiger charge is 2.19. The summed E-state index contributed by atoms with van der Waals surface area (Å²) in [5.74, 6) is 2.23. The number of oxazole rings is 1. The lowest BCUT2D eigenvalue weighted by molar-refractivity contribution is 0.245. The van der Waals surface area contributed by atoms with E-state index in [1.54, 1.807) is 11.3 Å². The van der Waals surface area contributed by atoms with Gasteiger partial charge in [-0.25, -0.2) is 9.97 Å². The Balaban J connectivity index is 1.60. The van der Waals surface area contributed by atoms with Crippen LogP contribution < -0.4 is 4.74 Å². The van der Waals surface area contributed by atoms with Crippen LogP contribution in [0.3, 0.4) is 0 Å². The molecule has 0 atom stereocenters. The normalized spacial score (nSPS) is 11.2. The van der Waals surface area contributed by atoms with E-state index in [0.717, 1.165) is 41.6 Å². The van der Waals surface area contributed by atoms with Gasteiger partial charge in [-0.15, -0.1) is 11.3 Å². The molecule has 0 spiro atoms. The van der Waals surface area contributed by atoms with Crippen LogP contribution in [-0.2, 0) is 19.6 Å². The maximum Gasteiger partial charge on any atom is 0.230 e. The highest BCUT2D eigenvalue weighted by molar-refractivity contribution is 7.09. The van der Waals surface area contributed by atoms with Gasteiger partial charge in [-0.05, 0) is 38.5 Å². The average molecular weight is 434 g/mol. The van der Waals surface area contributed by atoms with E-state index in [0.29, 0.717) is 19.0 Å². The van der Waals surface area contributed by atoms with E-state index >= 15 is 0 Å². The van der Waals surface area contributed by atoms with Crippen LogP contribution in [0.25, 0.3) is 11.5 Å². The lowest BCUT2D eigenvalue weighted by Crippen LogP contribution is -2.23. The topological polar surface area (TPSA) is 51.4 Å². The van der Waals surface area contributed by atoms with Crippen molar-refractivity contribution in [3.63, 3.8) is 0 Å². The summed E-state index contributed by atoms with van der Waals surface area (Å²) in [7, 11) is 0. The van der Waals surface area contributed by atoms with Crippen LogP contribution >= 0.6 is 11.3 Å². The van der Waals surface area contributed by atoms with E-state index in [4.69, 9.17) is 14.1 Å². The molecule has 5 nitrogen and oxygen atoms in total. The zero-order valence-electron chi connectivity index (χ0n) is 18.2. The van der Waals surface area contributed by atoms with Gasteiger partial charge in [-0.2, -0.15) is 0 Å². The molecule has 0 N–H and O–H groups in total. The molecule has 0 unspecified atom stereocenters. The lowest BCUT2D eigenvalue weighted by Gasteiger charge is -2.21. The fraction of sp³-hybridized carbons (Fsp3) is 0.280. The fourth-order valence-electron chi connectivity index (χ4n) is 3.52. The van der Waals surface area contributed by atoms with Crippen molar-refractivity contribution >= 4 is 11.3 Å². The number of thiazole rings is 1. The van der Waals surface area contributed by atoms with Crippen LogP contribution in [-0.4, -0.2) is 21.5 Å². The Bertz CT molecular complexity index is 1120. The summed E-state index contributed by atoms with van der Waals surface area (Å²) in [5, 5.41) is 0. The van der Waals surface area contributed by atoms with Crippen molar-refractivity contribution in [1.82, 2.24) is 14.9 Å². The van der Waals surface area contributed by atoms with Crippen molar-refractivity contribution < 1.29 is 9.15 Å². The number of hydrogen-bond donors (Lipinski definition) is 0. The second kappa shape index (κ2) is 9.90. The van der Waals surface area contributed by atoms with Crippen molar-refractivity contribution in [3.05, 3.63) is 87.7 Å². The van der Waals surface area contributed by atoms with Crippen molar-refractivity contribution in [1.29, 1.82) is 0 Å². The van der Waals surface area contributed by atoms with E-state index in [1.165, 1.54) is 10.4 Å². The van der Waals surface area contributed by atoms with Gasteiger partial charge in [0.2, 0.25) is 5.89 Å². The number of hydrogen-bond acceptors (Lipinski definition) is 6. The zero-order valence-corrected chi connectivity index (χ0v) is 19.0. The van der Waals surface area contributed by atoms with Crippen LogP contribution in [0, 0.1) is 13.8 Å². The fourth-order valence-corrected chi connectivity index (χ4v) is 4.34. The summed E-state index contributed by atoms with van der Waals surface area (Å²) in [5.41, 5.74) is 6.10. The van der Waals surface area contributed by atoms with Crippen molar-refractivity contribution in [2.24, 2.45) is 0 Å². The number of benzene rings is 2. The molecule has 0 radical (unpaired) electrons. The largest absolute Gasteiger partial charge is 0.493 e. The highest BCUT2D eigenvalue weighted by atomic mass is 32.1. The minimum Gasteiger partial charge on any atom is -0.493 e. The third kappa shape index (κ3) is 5.21. The Kier molecular flexibility index (Phi) is 6.79. The van der Waals surface area contributed by atoms with E-state index in [-0.39, 0.29) is 0 Å². The first kappa shape index (κ1) is 21.3. The third-order valence-corrected chi connectivity index (χ3v) is 6.06. The van der Waals surface area contributed by atoms with Gasteiger partial charge in [-0.3, -0.25) is 4.90 Å². The van der Waals surface area contributed by atoms with E-state index < -0.39 is 0 Å². The van der Waals surface area contributed by atoms with Crippen LogP contribution in [0.1, 0.15) is 34.5 Å². The van der Waals surface area contributed by atoms with Gasteiger partial charge >= 0.3 is 0 Å². The van der Waals surface area contributed by atoms with Crippen molar-refractivity contribution in [2.75, 3.05) is 6.61 Å². The van der Waals surface area contributed by atoms with Crippen LogP contribution in [0.2, 0.25) is 0 Å². The van der Waals surface area contributed by atoms with Crippen molar-refractivity contribution in [3.8, 4) is 17.2 Å². The Morgan fingerprint density at radius 2 is 1.74 bits per heavy atom. The zero-order chi connectivity index (χ0) is 21.6. The minimum absolute atomic E-state index is 0.600. The average Bonchev–Trinajstić information content (AvgIpc) is 3.34. The summed E-state index contributed by atoms with van der Waals surface area (Å²) >= 11 is 1.70. The monoisotopic (exact) mass is 433 g/mol. The molecular formula is C25H27N3O2S. The molecule has 4 rings (SSSR count). The lowest BCUT2D eigenvalue weighted by atomic mass is 10.2. The molecule has 4 aromatic rings. The number of para-hydroxylation sites is 1. The molecule has 2 aromatic carbocycles. The molecule has 0 amide bonds. The molecular weight excluding hydrogens is 406 g/mol. The van der Waals surface area contributed by atoms with E-state index in [1.807, 2.05) is 49.7 Å². The van der Waals surface area contributed by atoms with Gasteiger partial charge in [0.1, 0.15) is 11.5 Å². The van der Waals surface area contributed by atoms with E-state index in [2.05, 4.69) is 41.1 Å². The molecule has 0 fully saturated rings. The number of nitrogens with zero attached hydrogens (tertiary/aromatic N) is 3. The van der Waals surface area contributed by atoms with Crippen LogP contribution in [0.4, 0.5) is 0 Å². The van der Waals surface area contributed by atoms with Gasteiger partial charge in [0.25, 0.3) is 0 Å². The molecule has 0 aliphatic rings. The maximum absolute atomic E-state index is 6.07. The molecule has 0 saturated carbocycles. The molecule has 0 aliphatic carbocycles. The Hall–Kier alpha value is -2.96. The Morgan fingerprint density at radius 3 is 2.48 bits per heavy atom. The third-order valence-electron chi connectivity index (χ3n) is 5.14. The molecule has 31 heavy (non-hydrogen) atoms. The van der Waals surface area contributed by atoms with E-state index in [9.17, 15) is 0 Å². The van der Waals surface area contributed by atoms with Gasteiger partial charge in [-0.1, -0.05) is 42.5 Å². The van der Waals surface area contributed by atoms with Crippen LogP contribution in [0.5, 0.6) is 5.75 Å². The number of ether oxygens (including phenoxy) is 1. The Morgan fingerprint density at radius 1 is 0.968 bits per heavy atom. The molecule has 6 heteroatoms.